The van der Waals surface area contributed by atoms with Gasteiger partial charge in [-0.15, -0.1) is 0 Å². The van der Waals surface area contributed by atoms with Crippen LogP contribution in [0.2, 0.25) is 0 Å². The highest BCUT2D eigenvalue weighted by atomic mass is 16.5. The van der Waals surface area contributed by atoms with Crippen molar-refractivity contribution in [2.45, 2.75) is 0 Å². The molecule has 1 saturated heterocycles. The fraction of sp³-hybridized carbons (Fsp3) is 0.364. The Morgan fingerprint density at radius 3 is 2.53 bits per heavy atom. The minimum Gasteiger partial charge on any atom is -0.508 e. The van der Waals surface area contributed by atoms with Gasteiger partial charge < -0.3 is 14.7 Å². The molecule has 0 saturated carbocycles. The molecule has 0 bridgehead atoms. The summed E-state index contributed by atoms with van der Waals surface area (Å²) in [6.45, 7) is 3.31. The minimum absolute atomic E-state index is 0.264. The van der Waals surface area contributed by atoms with Gasteiger partial charge in [0, 0.05) is 13.1 Å². The molecule has 4 heteroatoms. The molecule has 1 aromatic rings. The Hall–Kier alpha value is -1.55. The van der Waals surface area contributed by atoms with Crippen molar-refractivity contribution in [1.29, 1.82) is 0 Å². The molecule has 1 aliphatic heterocycles. The summed E-state index contributed by atoms with van der Waals surface area (Å²) in [4.78, 5) is 6.43. The number of aromatic hydroxyl groups is 1. The number of rotatable bonds is 2. The van der Waals surface area contributed by atoms with E-state index in [1.54, 1.807) is 24.3 Å². The predicted molar refractivity (Wildman–Crippen MR) is 58.7 cm³/mol. The summed E-state index contributed by atoms with van der Waals surface area (Å²) in [7, 11) is 0. The number of ether oxygens (including phenoxy) is 1. The van der Waals surface area contributed by atoms with Crippen LogP contribution in [0, 0.1) is 0 Å². The van der Waals surface area contributed by atoms with Crippen molar-refractivity contribution in [3.63, 3.8) is 0 Å². The van der Waals surface area contributed by atoms with E-state index in [1.807, 2.05) is 6.34 Å². The van der Waals surface area contributed by atoms with Gasteiger partial charge in [-0.2, -0.15) is 0 Å². The van der Waals surface area contributed by atoms with Crippen molar-refractivity contribution < 1.29 is 9.84 Å². The number of hydrogen-bond donors (Lipinski definition) is 1. The highest BCUT2D eigenvalue weighted by Gasteiger charge is 2.05. The van der Waals surface area contributed by atoms with Gasteiger partial charge in [-0.05, 0) is 24.3 Å². The van der Waals surface area contributed by atoms with Crippen molar-refractivity contribution in [3.8, 4) is 5.75 Å². The number of nitrogens with zero attached hydrogens (tertiary/aromatic N) is 2. The lowest BCUT2D eigenvalue weighted by molar-refractivity contribution is 0.0701. The lowest BCUT2D eigenvalue weighted by atomic mass is 10.3. The number of benzene rings is 1. The molecule has 2 rings (SSSR count). The zero-order valence-corrected chi connectivity index (χ0v) is 8.47. The van der Waals surface area contributed by atoms with Gasteiger partial charge in [0.1, 0.15) is 5.75 Å². The molecular weight excluding hydrogens is 192 g/mol. The molecule has 0 amide bonds. The highest BCUT2D eigenvalue weighted by Crippen LogP contribution is 2.16. The molecule has 0 aliphatic carbocycles. The second-order valence-corrected chi connectivity index (χ2v) is 3.41. The van der Waals surface area contributed by atoms with E-state index in [2.05, 4.69) is 9.89 Å². The quantitative estimate of drug-likeness (QED) is 0.587. The molecule has 0 spiro atoms. The second-order valence-electron chi connectivity index (χ2n) is 3.41. The fourth-order valence-electron chi connectivity index (χ4n) is 1.38. The summed E-state index contributed by atoms with van der Waals surface area (Å²) in [6.07, 6.45) is 1.83. The van der Waals surface area contributed by atoms with E-state index in [-0.39, 0.29) is 5.75 Å². The molecule has 4 nitrogen and oxygen atoms in total. The van der Waals surface area contributed by atoms with Crippen LogP contribution >= 0.6 is 0 Å². The molecule has 0 atom stereocenters. The Labute approximate surface area is 88.8 Å². The van der Waals surface area contributed by atoms with Gasteiger partial charge in [-0.1, -0.05) is 0 Å². The van der Waals surface area contributed by atoms with Crippen molar-refractivity contribution >= 4 is 12.0 Å². The Balaban J connectivity index is 1.95. The van der Waals surface area contributed by atoms with Crippen molar-refractivity contribution in [3.05, 3.63) is 24.3 Å². The molecule has 1 heterocycles. The monoisotopic (exact) mass is 206 g/mol. The van der Waals surface area contributed by atoms with Crippen LogP contribution < -0.4 is 0 Å². The van der Waals surface area contributed by atoms with Gasteiger partial charge in [0.25, 0.3) is 0 Å². The molecule has 1 aromatic carbocycles. The van der Waals surface area contributed by atoms with E-state index in [1.165, 1.54) is 0 Å². The van der Waals surface area contributed by atoms with E-state index < -0.39 is 0 Å². The van der Waals surface area contributed by atoms with Crippen LogP contribution in [-0.4, -0.2) is 42.6 Å². The standard InChI is InChI=1S/C11H14N2O2/c14-11-3-1-10(2-4-11)12-9-13-5-7-15-8-6-13/h1-4,9,14H,5-8H2. The van der Waals surface area contributed by atoms with Gasteiger partial charge in [0.05, 0.1) is 25.2 Å². The summed E-state index contributed by atoms with van der Waals surface area (Å²) < 4.78 is 5.23. The van der Waals surface area contributed by atoms with E-state index in [0.717, 1.165) is 32.0 Å². The Morgan fingerprint density at radius 2 is 1.87 bits per heavy atom. The summed E-state index contributed by atoms with van der Waals surface area (Å²) in [6, 6.07) is 6.83. The zero-order valence-electron chi connectivity index (χ0n) is 8.47. The summed E-state index contributed by atoms with van der Waals surface area (Å²) in [5.41, 5.74) is 0.847. The molecule has 1 N–H and O–H groups in total. The first-order chi connectivity index (χ1) is 7.34. The number of aliphatic imine (C=N–C) groups is 1. The smallest absolute Gasteiger partial charge is 0.115 e. The third-order valence-corrected chi connectivity index (χ3v) is 2.27. The van der Waals surface area contributed by atoms with Crippen LogP contribution in [-0.2, 0) is 4.74 Å². The summed E-state index contributed by atoms with van der Waals surface area (Å²) >= 11 is 0. The minimum atomic E-state index is 0.264. The van der Waals surface area contributed by atoms with Gasteiger partial charge in [-0.3, -0.25) is 0 Å². The molecule has 0 radical (unpaired) electrons. The van der Waals surface area contributed by atoms with Gasteiger partial charge in [0.2, 0.25) is 0 Å². The number of hydrogen-bond acceptors (Lipinski definition) is 3. The molecule has 1 fully saturated rings. The van der Waals surface area contributed by atoms with Crippen LogP contribution in [0.4, 0.5) is 5.69 Å². The number of morpholine rings is 1. The summed E-state index contributed by atoms with van der Waals surface area (Å²) in [5, 5.41) is 9.09. The average Bonchev–Trinajstić information content (AvgIpc) is 2.30. The second kappa shape index (κ2) is 4.79. The van der Waals surface area contributed by atoms with E-state index in [9.17, 15) is 0 Å². The van der Waals surface area contributed by atoms with Crippen molar-refractivity contribution in [2.24, 2.45) is 4.99 Å². The molecule has 0 aromatic heterocycles. The Bertz CT molecular complexity index is 329. The van der Waals surface area contributed by atoms with Gasteiger partial charge >= 0.3 is 0 Å². The zero-order chi connectivity index (χ0) is 10.5. The maximum atomic E-state index is 9.09. The number of phenols is 1. The van der Waals surface area contributed by atoms with E-state index in [0.29, 0.717) is 0 Å². The van der Waals surface area contributed by atoms with E-state index >= 15 is 0 Å². The normalized spacial score (nSPS) is 17.2. The highest BCUT2D eigenvalue weighted by molar-refractivity contribution is 5.61. The Kier molecular flexibility index (Phi) is 3.19. The first-order valence-corrected chi connectivity index (χ1v) is 4.99. The molecule has 0 unspecified atom stereocenters. The first-order valence-electron chi connectivity index (χ1n) is 4.99. The lowest BCUT2D eigenvalue weighted by Crippen LogP contribution is -2.34. The topological polar surface area (TPSA) is 45.1 Å². The SMILES string of the molecule is Oc1ccc(N=CN2CCOCC2)cc1. The van der Waals surface area contributed by atoms with Crippen LogP contribution in [0.15, 0.2) is 29.3 Å². The Morgan fingerprint density at radius 1 is 1.20 bits per heavy atom. The van der Waals surface area contributed by atoms with Crippen LogP contribution in [0.3, 0.4) is 0 Å². The number of phenolic OH excluding ortho intramolecular Hbond substituents is 1. The van der Waals surface area contributed by atoms with Gasteiger partial charge in [-0.25, -0.2) is 4.99 Å². The van der Waals surface area contributed by atoms with Gasteiger partial charge in [0.15, 0.2) is 0 Å². The van der Waals surface area contributed by atoms with Crippen LogP contribution in [0.5, 0.6) is 5.75 Å². The fourth-order valence-corrected chi connectivity index (χ4v) is 1.38. The van der Waals surface area contributed by atoms with E-state index in [4.69, 9.17) is 9.84 Å². The molecule has 15 heavy (non-hydrogen) atoms. The van der Waals surface area contributed by atoms with Crippen LogP contribution in [0.25, 0.3) is 0 Å². The lowest BCUT2D eigenvalue weighted by Gasteiger charge is -2.24. The predicted octanol–water partition coefficient (Wildman–Crippen LogP) is 1.38. The van der Waals surface area contributed by atoms with Crippen molar-refractivity contribution in [2.75, 3.05) is 26.3 Å². The largest absolute Gasteiger partial charge is 0.508 e. The average molecular weight is 206 g/mol. The maximum absolute atomic E-state index is 9.09. The first kappa shape index (κ1) is 9.98. The van der Waals surface area contributed by atoms with Crippen LogP contribution in [0.1, 0.15) is 0 Å². The summed E-state index contributed by atoms with van der Waals surface area (Å²) in [5.74, 6) is 0.264. The third-order valence-electron chi connectivity index (χ3n) is 2.27. The van der Waals surface area contributed by atoms with Crippen molar-refractivity contribution in [1.82, 2.24) is 4.90 Å². The molecular formula is C11H14N2O2. The molecule has 1 aliphatic rings. The third kappa shape index (κ3) is 2.95. The molecule has 80 valence electrons. The maximum Gasteiger partial charge on any atom is 0.115 e.